The van der Waals surface area contributed by atoms with E-state index in [4.69, 9.17) is 4.74 Å². The smallest absolute Gasteiger partial charge is 0.247 e. The third-order valence-corrected chi connectivity index (χ3v) is 4.95. The second kappa shape index (κ2) is 7.10. The van der Waals surface area contributed by atoms with Crippen LogP contribution < -0.4 is 0 Å². The fourth-order valence-electron chi connectivity index (χ4n) is 3.03. The number of carbonyl (C=O) groups is 1. The van der Waals surface area contributed by atoms with Crippen LogP contribution in [0.15, 0.2) is 29.8 Å². The molecule has 2 aromatic rings. The van der Waals surface area contributed by atoms with E-state index in [1.807, 2.05) is 39.4 Å². The maximum Gasteiger partial charge on any atom is 0.247 e. The van der Waals surface area contributed by atoms with Crippen molar-refractivity contribution in [1.29, 1.82) is 0 Å². The molecule has 1 aliphatic rings. The second-order valence-electron chi connectivity index (χ2n) is 5.47. The van der Waals surface area contributed by atoms with Crippen molar-refractivity contribution in [2.24, 2.45) is 0 Å². The molecule has 2 aromatic heterocycles. The number of amides is 1. The zero-order valence-electron chi connectivity index (χ0n) is 13.4. The fourth-order valence-corrected chi connectivity index (χ4v) is 3.65. The summed E-state index contributed by atoms with van der Waals surface area (Å²) in [7, 11) is 1.67. The van der Waals surface area contributed by atoms with Crippen LogP contribution in [0.2, 0.25) is 0 Å². The van der Waals surface area contributed by atoms with Gasteiger partial charge in [0, 0.05) is 31.2 Å². The quantitative estimate of drug-likeness (QED) is 0.792. The summed E-state index contributed by atoms with van der Waals surface area (Å²) in [6.07, 6.45) is 6.30. The van der Waals surface area contributed by atoms with Crippen LogP contribution in [0.4, 0.5) is 0 Å². The van der Waals surface area contributed by atoms with E-state index in [0.29, 0.717) is 13.2 Å². The molecule has 1 atom stereocenters. The number of carbonyl (C=O) groups excluding carboxylic acids is 1. The molecule has 1 amide bonds. The van der Waals surface area contributed by atoms with Crippen LogP contribution in [-0.2, 0) is 22.5 Å². The lowest BCUT2D eigenvalue weighted by molar-refractivity contribution is -0.130. The summed E-state index contributed by atoms with van der Waals surface area (Å²) >= 11 is 1.62. The Kier molecular flexibility index (Phi) is 4.93. The number of methoxy groups -OCH3 is 1. The zero-order chi connectivity index (χ0) is 16.2. The Balaban J connectivity index is 1.85. The van der Waals surface area contributed by atoms with Gasteiger partial charge in [-0.05, 0) is 36.4 Å². The van der Waals surface area contributed by atoms with E-state index in [1.54, 1.807) is 24.5 Å². The lowest BCUT2D eigenvalue weighted by atomic mass is 10.00. The molecule has 5 nitrogen and oxygen atoms in total. The van der Waals surface area contributed by atoms with Crippen molar-refractivity contribution < 1.29 is 9.53 Å². The minimum absolute atomic E-state index is 0.0231. The maximum absolute atomic E-state index is 12.7. The second-order valence-corrected chi connectivity index (χ2v) is 6.45. The molecule has 3 rings (SSSR count). The van der Waals surface area contributed by atoms with Gasteiger partial charge in [0.15, 0.2) is 0 Å². The molecule has 0 saturated carbocycles. The van der Waals surface area contributed by atoms with Gasteiger partial charge in [-0.2, -0.15) is 5.10 Å². The van der Waals surface area contributed by atoms with Gasteiger partial charge in [-0.1, -0.05) is 6.07 Å². The molecule has 0 aliphatic carbocycles. The van der Waals surface area contributed by atoms with Crippen LogP contribution >= 0.6 is 11.3 Å². The first-order valence-electron chi connectivity index (χ1n) is 7.80. The molecular weight excluding hydrogens is 310 g/mol. The summed E-state index contributed by atoms with van der Waals surface area (Å²) in [5, 5.41) is 6.44. The molecule has 0 spiro atoms. The normalized spacial score (nSPS) is 17.7. The highest BCUT2D eigenvalue weighted by Crippen LogP contribution is 2.30. The van der Waals surface area contributed by atoms with Gasteiger partial charge in [0.1, 0.15) is 0 Å². The van der Waals surface area contributed by atoms with Crippen LogP contribution in [0.25, 0.3) is 6.08 Å². The van der Waals surface area contributed by atoms with Gasteiger partial charge in [0.05, 0.1) is 24.5 Å². The van der Waals surface area contributed by atoms with E-state index in [2.05, 4.69) is 12.0 Å². The molecule has 0 N–H and O–H groups in total. The molecule has 6 heteroatoms. The van der Waals surface area contributed by atoms with Crippen molar-refractivity contribution in [3.63, 3.8) is 0 Å². The van der Waals surface area contributed by atoms with E-state index in [-0.39, 0.29) is 11.9 Å². The summed E-state index contributed by atoms with van der Waals surface area (Å²) < 4.78 is 7.35. The van der Waals surface area contributed by atoms with Crippen LogP contribution in [0.1, 0.15) is 29.1 Å². The predicted molar refractivity (Wildman–Crippen MR) is 91.3 cm³/mol. The Labute approximate surface area is 140 Å². The van der Waals surface area contributed by atoms with Crippen molar-refractivity contribution in [2.45, 2.75) is 25.9 Å². The van der Waals surface area contributed by atoms with Crippen molar-refractivity contribution in [2.75, 3.05) is 20.3 Å². The lowest BCUT2D eigenvalue weighted by Crippen LogP contribution is -2.42. The summed E-state index contributed by atoms with van der Waals surface area (Å²) in [5.74, 6) is 0.0231. The van der Waals surface area contributed by atoms with Crippen LogP contribution in [0.5, 0.6) is 0 Å². The summed E-state index contributed by atoms with van der Waals surface area (Å²) in [5.41, 5.74) is 2.33. The summed E-state index contributed by atoms with van der Waals surface area (Å²) in [6.45, 7) is 4.04. The molecule has 122 valence electrons. The van der Waals surface area contributed by atoms with Gasteiger partial charge in [-0.25, -0.2) is 0 Å². The Morgan fingerprint density at radius 2 is 2.43 bits per heavy atom. The number of aryl methyl sites for hydroxylation is 1. The first-order chi connectivity index (χ1) is 11.2. The molecule has 0 radical (unpaired) electrons. The van der Waals surface area contributed by atoms with Gasteiger partial charge in [-0.3, -0.25) is 9.48 Å². The SMILES string of the molecule is CCn1ncc2c1[C@@H](COC)N(C(=O)/C=C/c1cccs1)CC2. The zero-order valence-corrected chi connectivity index (χ0v) is 14.3. The van der Waals surface area contributed by atoms with Crippen LogP contribution in [0.3, 0.4) is 0 Å². The predicted octanol–water partition coefficient (Wildman–Crippen LogP) is 2.75. The molecule has 0 saturated heterocycles. The molecule has 23 heavy (non-hydrogen) atoms. The highest BCUT2D eigenvalue weighted by Gasteiger charge is 2.32. The van der Waals surface area contributed by atoms with E-state index in [1.165, 1.54) is 5.56 Å². The van der Waals surface area contributed by atoms with Crippen molar-refractivity contribution in [1.82, 2.24) is 14.7 Å². The average molecular weight is 331 g/mol. The van der Waals surface area contributed by atoms with Gasteiger partial charge >= 0.3 is 0 Å². The third kappa shape index (κ3) is 3.23. The van der Waals surface area contributed by atoms with E-state index in [9.17, 15) is 4.79 Å². The third-order valence-electron chi connectivity index (χ3n) is 4.11. The van der Waals surface area contributed by atoms with E-state index >= 15 is 0 Å². The topological polar surface area (TPSA) is 47.4 Å². The van der Waals surface area contributed by atoms with Gasteiger partial charge in [0.2, 0.25) is 5.91 Å². The average Bonchev–Trinajstić information content (AvgIpc) is 3.22. The fraction of sp³-hybridized carbons (Fsp3) is 0.412. The number of fused-ring (bicyclic) bond motifs is 1. The van der Waals surface area contributed by atoms with E-state index in [0.717, 1.165) is 23.5 Å². The van der Waals surface area contributed by atoms with Gasteiger partial charge in [0.25, 0.3) is 0 Å². The minimum atomic E-state index is -0.0771. The molecule has 1 aliphatic heterocycles. The number of thiophene rings is 1. The maximum atomic E-state index is 12.7. The molecule has 0 bridgehead atoms. The standard InChI is InChI=1S/C17H21N3O2S/c1-3-20-17-13(11-18-20)8-9-19(15(17)12-22-2)16(21)7-6-14-5-4-10-23-14/h4-7,10-11,15H,3,8-9,12H2,1-2H3/b7-6+/t15-/m1/s1. The first kappa shape index (κ1) is 16.0. The molecular formula is C17H21N3O2S. The number of nitrogens with zero attached hydrogens (tertiary/aromatic N) is 3. The highest BCUT2D eigenvalue weighted by atomic mass is 32.1. The van der Waals surface area contributed by atoms with Crippen molar-refractivity contribution in [3.05, 3.63) is 45.9 Å². The van der Waals surface area contributed by atoms with Gasteiger partial charge in [-0.15, -0.1) is 11.3 Å². The molecule has 0 unspecified atom stereocenters. The highest BCUT2D eigenvalue weighted by molar-refractivity contribution is 7.10. The largest absolute Gasteiger partial charge is 0.382 e. The number of hydrogen-bond acceptors (Lipinski definition) is 4. The van der Waals surface area contributed by atoms with Crippen molar-refractivity contribution in [3.8, 4) is 0 Å². The molecule has 3 heterocycles. The van der Waals surface area contributed by atoms with Crippen molar-refractivity contribution >= 4 is 23.3 Å². The number of hydrogen-bond donors (Lipinski definition) is 0. The molecule has 0 fully saturated rings. The number of aromatic nitrogens is 2. The lowest BCUT2D eigenvalue weighted by Gasteiger charge is -2.35. The number of rotatable bonds is 5. The van der Waals surface area contributed by atoms with Crippen LogP contribution in [-0.4, -0.2) is 40.8 Å². The Morgan fingerprint density at radius 1 is 1.57 bits per heavy atom. The Hall–Kier alpha value is -1.92. The summed E-state index contributed by atoms with van der Waals surface area (Å²) in [6, 6.07) is 3.91. The minimum Gasteiger partial charge on any atom is -0.382 e. The number of ether oxygens (including phenoxy) is 1. The monoisotopic (exact) mass is 331 g/mol. The Bertz CT molecular complexity index is 677. The first-order valence-corrected chi connectivity index (χ1v) is 8.68. The van der Waals surface area contributed by atoms with Gasteiger partial charge < -0.3 is 9.64 Å². The summed E-state index contributed by atoms with van der Waals surface area (Å²) in [4.78, 5) is 15.6. The van der Waals surface area contributed by atoms with E-state index < -0.39 is 0 Å². The Morgan fingerprint density at radius 3 is 3.13 bits per heavy atom. The van der Waals surface area contributed by atoms with Crippen LogP contribution in [0, 0.1) is 0 Å². The molecule has 0 aromatic carbocycles.